The number of hydrogen-bond acceptors (Lipinski definition) is 5. The molecule has 0 unspecified atom stereocenters. The summed E-state index contributed by atoms with van der Waals surface area (Å²) in [5.74, 6) is 0.523. The van der Waals surface area contributed by atoms with Gasteiger partial charge in [-0.25, -0.2) is 9.78 Å². The van der Waals surface area contributed by atoms with Crippen LogP contribution in [0.15, 0.2) is 71.8 Å². The monoisotopic (exact) mass is 472 g/mol. The van der Waals surface area contributed by atoms with Crippen LogP contribution >= 0.6 is 0 Å². The molecular formula is C27H28N4O4. The minimum Gasteiger partial charge on any atom is -0.489 e. The topological polar surface area (TPSA) is 78.1 Å². The lowest BCUT2D eigenvalue weighted by Gasteiger charge is -2.29. The number of benzene rings is 1. The fraction of sp³-hybridized carbons (Fsp3) is 0.296. The number of amides is 1. The molecule has 1 aromatic carbocycles. The number of hydrogen-bond donors (Lipinski definition) is 0. The van der Waals surface area contributed by atoms with E-state index in [9.17, 15) is 9.59 Å². The molecular weight excluding hydrogens is 444 g/mol. The average Bonchev–Trinajstić information content (AvgIpc) is 3.19. The van der Waals surface area contributed by atoms with E-state index in [4.69, 9.17) is 14.5 Å². The van der Waals surface area contributed by atoms with E-state index in [-0.39, 0.29) is 11.7 Å². The number of imidazole rings is 1. The lowest BCUT2D eigenvalue weighted by atomic mass is 10.1. The number of carbonyl (C=O) groups excluding carboxylic acids is 1. The fourth-order valence-electron chi connectivity index (χ4n) is 4.14. The largest absolute Gasteiger partial charge is 0.489 e. The van der Waals surface area contributed by atoms with Gasteiger partial charge in [0.2, 0.25) is 0 Å². The first kappa shape index (κ1) is 22.7. The molecule has 4 heterocycles. The summed E-state index contributed by atoms with van der Waals surface area (Å²) in [5, 5.41) is 0. The molecule has 0 radical (unpaired) electrons. The van der Waals surface area contributed by atoms with E-state index < -0.39 is 5.60 Å². The Bertz CT molecular complexity index is 1430. The summed E-state index contributed by atoms with van der Waals surface area (Å²) >= 11 is 0. The van der Waals surface area contributed by atoms with Crippen LogP contribution in [0.5, 0.6) is 5.75 Å². The summed E-state index contributed by atoms with van der Waals surface area (Å²) < 4.78 is 14.8. The van der Waals surface area contributed by atoms with E-state index in [0.717, 1.165) is 22.6 Å². The normalized spacial score (nSPS) is 13.5. The number of fused-ring (bicyclic) bond motifs is 3. The van der Waals surface area contributed by atoms with Crippen molar-refractivity contribution in [3.8, 4) is 11.4 Å². The third-order valence-corrected chi connectivity index (χ3v) is 5.82. The van der Waals surface area contributed by atoms with E-state index in [2.05, 4.69) is 0 Å². The lowest BCUT2D eigenvalue weighted by molar-refractivity contribution is 0.0220. The number of aromatic nitrogens is 3. The minimum atomic E-state index is -0.541. The summed E-state index contributed by atoms with van der Waals surface area (Å²) in [6, 6.07) is 16.8. The van der Waals surface area contributed by atoms with Gasteiger partial charge < -0.3 is 18.8 Å². The van der Waals surface area contributed by atoms with Gasteiger partial charge in [-0.15, -0.1) is 0 Å². The van der Waals surface area contributed by atoms with Gasteiger partial charge in [-0.3, -0.25) is 9.36 Å². The molecule has 0 atom stereocenters. The van der Waals surface area contributed by atoms with Crippen molar-refractivity contribution in [2.45, 2.75) is 45.9 Å². The van der Waals surface area contributed by atoms with Crippen molar-refractivity contribution in [2.75, 3.05) is 6.54 Å². The molecule has 0 aliphatic carbocycles. The predicted molar refractivity (Wildman–Crippen MR) is 132 cm³/mol. The Kier molecular flexibility index (Phi) is 5.80. The highest BCUT2D eigenvalue weighted by Crippen LogP contribution is 2.23. The van der Waals surface area contributed by atoms with Gasteiger partial charge in [-0.2, -0.15) is 0 Å². The van der Waals surface area contributed by atoms with E-state index in [0.29, 0.717) is 37.6 Å². The second-order valence-corrected chi connectivity index (χ2v) is 9.62. The maximum absolute atomic E-state index is 12.8. The summed E-state index contributed by atoms with van der Waals surface area (Å²) in [5.41, 5.74) is 3.67. The quantitative estimate of drug-likeness (QED) is 0.441. The number of nitrogens with zero attached hydrogens (tertiary/aromatic N) is 4. The highest BCUT2D eigenvalue weighted by Gasteiger charge is 2.28. The molecule has 1 aliphatic rings. The molecule has 8 nitrogen and oxygen atoms in total. The molecule has 0 saturated heterocycles. The third kappa shape index (κ3) is 4.91. The molecule has 35 heavy (non-hydrogen) atoms. The van der Waals surface area contributed by atoms with Crippen LogP contribution in [0, 0.1) is 0 Å². The maximum Gasteiger partial charge on any atom is 0.410 e. The Morgan fingerprint density at radius 3 is 2.60 bits per heavy atom. The average molecular weight is 473 g/mol. The Hall–Kier alpha value is -4.07. The fourth-order valence-corrected chi connectivity index (χ4v) is 4.14. The molecule has 0 bridgehead atoms. The molecule has 8 heteroatoms. The molecule has 0 saturated carbocycles. The van der Waals surface area contributed by atoms with Gasteiger partial charge in [0, 0.05) is 37.5 Å². The van der Waals surface area contributed by atoms with Gasteiger partial charge in [0.15, 0.2) is 0 Å². The van der Waals surface area contributed by atoms with Crippen LogP contribution in [0.1, 0.15) is 37.7 Å². The van der Waals surface area contributed by atoms with E-state index >= 15 is 0 Å². The van der Waals surface area contributed by atoms with E-state index in [1.165, 1.54) is 6.07 Å². The van der Waals surface area contributed by atoms with Crippen molar-refractivity contribution >= 4 is 11.7 Å². The van der Waals surface area contributed by atoms with Crippen LogP contribution in [0.2, 0.25) is 0 Å². The smallest absolute Gasteiger partial charge is 0.410 e. The zero-order chi connectivity index (χ0) is 24.6. The predicted octanol–water partition coefficient (Wildman–Crippen LogP) is 4.36. The molecule has 0 N–H and O–H groups in total. The van der Waals surface area contributed by atoms with Crippen molar-refractivity contribution in [1.82, 2.24) is 18.9 Å². The molecule has 3 aromatic heterocycles. The first-order valence-corrected chi connectivity index (χ1v) is 11.6. The Balaban J connectivity index is 1.35. The highest BCUT2D eigenvalue weighted by molar-refractivity contribution is 5.68. The SMILES string of the molecule is CC(C)(C)OC(=O)N1CCc2nc3cc(-n4ccc(OCc5ccccc5)cc4=O)ccn3c2C1. The second kappa shape index (κ2) is 8.94. The van der Waals surface area contributed by atoms with Crippen molar-refractivity contribution < 1.29 is 14.3 Å². The van der Waals surface area contributed by atoms with Gasteiger partial charge in [-0.05, 0) is 38.5 Å². The summed E-state index contributed by atoms with van der Waals surface area (Å²) in [4.78, 5) is 31.8. The van der Waals surface area contributed by atoms with Crippen LogP contribution in [0.3, 0.4) is 0 Å². The first-order valence-electron chi connectivity index (χ1n) is 11.6. The van der Waals surface area contributed by atoms with Gasteiger partial charge in [0.05, 0.1) is 23.6 Å². The van der Waals surface area contributed by atoms with Crippen molar-refractivity contribution in [3.05, 3.63) is 94.3 Å². The molecule has 1 aliphatic heterocycles. The first-order chi connectivity index (χ1) is 16.8. The van der Waals surface area contributed by atoms with E-state index in [1.807, 2.05) is 73.8 Å². The van der Waals surface area contributed by atoms with E-state index in [1.54, 1.807) is 21.7 Å². The lowest BCUT2D eigenvalue weighted by Crippen LogP contribution is -2.40. The Morgan fingerprint density at radius 1 is 1.06 bits per heavy atom. The molecule has 5 rings (SSSR count). The van der Waals surface area contributed by atoms with Crippen LogP contribution in [-0.2, 0) is 24.3 Å². The van der Waals surface area contributed by atoms with Crippen LogP contribution in [-0.4, -0.2) is 37.1 Å². The Morgan fingerprint density at radius 2 is 1.86 bits per heavy atom. The summed E-state index contributed by atoms with van der Waals surface area (Å²) in [6.45, 7) is 6.97. The second-order valence-electron chi connectivity index (χ2n) is 9.62. The van der Waals surface area contributed by atoms with Gasteiger partial charge >= 0.3 is 6.09 Å². The Labute approximate surface area is 203 Å². The van der Waals surface area contributed by atoms with Gasteiger partial charge in [0.1, 0.15) is 23.6 Å². The summed E-state index contributed by atoms with van der Waals surface area (Å²) in [7, 11) is 0. The van der Waals surface area contributed by atoms with Gasteiger partial charge in [-0.1, -0.05) is 30.3 Å². The molecule has 1 amide bonds. The maximum atomic E-state index is 12.8. The third-order valence-electron chi connectivity index (χ3n) is 5.82. The molecule has 180 valence electrons. The van der Waals surface area contributed by atoms with Crippen LogP contribution < -0.4 is 10.3 Å². The number of pyridine rings is 2. The summed E-state index contributed by atoms with van der Waals surface area (Å²) in [6.07, 6.45) is 3.93. The number of ether oxygens (including phenoxy) is 2. The standard InChI is InChI=1S/C27H28N4O4/c1-27(2,3)35-26(33)29-12-11-22-23(17-29)31-13-9-20(15-24(31)28-22)30-14-10-21(16-25(30)32)34-18-19-7-5-4-6-8-19/h4-10,13-16H,11-12,17-18H2,1-3H3. The zero-order valence-corrected chi connectivity index (χ0v) is 20.1. The van der Waals surface area contributed by atoms with Crippen molar-refractivity contribution in [3.63, 3.8) is 0 Å². The highest BCUT2D eigenvalue weighted by atomic mass is 16.6. The van der Waals surface area contributed by atoms with Gasteiger partial charge in [0.25, 0.3) is 5.56 Å². The minimum absolute atomic E-state index is 0.188. The van der Waals surface area contributed by atoms with Crippen LogP contribution in [0.4, 0.5) is 4.79 Å². The van der Waals surface area contributed by atoms with Crippen LogP contribution in [0.25, 0.3) is 11.3 Å². The van der Waals surface area contributed by atoms with Crippen molar-refractivity contribution in [1.29, 1.82) is 0 Å². The molecule has 0 fully saturated rings. The zero-order valence-electron chi connectivity index (χ0n) is 20.1. The number of rotatable bonds is 4. The van der Waals surface area contributed by atoms with Crippen molar-refractivity contribution in [2.24, 2.45) is 0 Å². The number of carbonyl (C=O) groups is 1. The molecule has 0 spiro atoms. The molecule has 4 aromatic rings.